The van der Waals surface area contributed by atoms with Crippen LogP contribution in [0.5, 0.6) is 5.75 Å². The van der Waals surface area contributed by atoms with Crippen molar-refractivity contribution in [3.8, 4) is 5.75 Å². The maximum absolute atomic E-state index is 13.2. The van der Waals surface area contributed by atoms with Crippen molar-refractivity contribution in [3.63, 3.8) is 0 Å². The van der Waals surface area contributed by atoms with Crippen molar-refractivity contribution < 1.29 is 17.9 Å². The van der Waals surface area contributed by atoms with E-state index in [1.807, 2.05) is 24.3 Å². The number of para-hydroxylation sites is 1. The Bertz CT molecular complexity index is 952. The lowest BCUT2D eigenvalue weighted by Gasteiger charge is -2.21. The quantitative estimate of drug-likeness (QED) is 0.763. The molecule has 0 aromatic heterocycles. The largest absolute Gasteiger partial charge is 0.496 e. The lowest BCUT2D eigenvalue weighted by atomic mass is 10.1. The number of rotatable bonds is 6. The van der Waals surface area contributed by atoms with Crippen LogP contribution in [0, 0.1) is 0 Å². The lowest BCUT2D eigenvalue weighted by Crippen LogP contribution is -2.32. The molecule has 1 aliphatic heterocycles. The first-order valence-corrected chi connectivity index (χ1v) is 10.5. The zero-order chi connectivity index (χ0) is 19.6. The van der Waals surface area contributed by atoms with Gasteiger partial charge in [0.15, 0.2) is 0 Å². The number of amides is 1. The molecule has 1 heterocycles. The van der Waals surface area contributed by atoms with Gasteiger partial charge in [0.2, 0.25) is 10.0 Å². The minimum Gasteiger partial charge on any atom is -0.496 e. The summed E-state index contributed by atoms with van der Waals surface area (Å²) < 4.78 is 32.4. The second-order valence-corrected chi connectivity index (χ2v) is 8.22. The molecule has 0 N–H and O–H groups in total. The summed E-state index contributed by atoms with van der Waals surface area (Å²) in [4.78, 5) is 15.0. The van der Waals surface area contributed by atoms with E-state index in [1.54, 1.807) is 24.8 Å². The van der Waals surface area contributed by atoms with E-state index in [0.717, 1.165) is 17.7 Å². The van der Waals surface area contributed by atoms with E-state index < -0.39 is 10.0 Å². The van der Waals surface area contributed by atoms with E-state index in [9.17, 15) is 13.2 Å². The first-order chi connectivity index (χ1) is 12.9. The van der Waals surface area contributed by atoms with Gasteiger partial charge in [-0.1, -0.05) is 32.0 Å². The van der Waals surface area contributed by atoms with E-state index >= 15 is 0 Å². The van der Waals surface area contributed by atoms with Gasteiger partial charge in [-0.3, -0.25) is 4.79 Å². The molecule has 0 aliphatic carbocycles. The minimum atomic E-state index is -3.66. The molecule has 27 heavy (non-hydrogen) atoms. The third-order valence-corrected chi connectivity index (χ3v) is 6.92. The number of methoxy groups -OCH3 is 1. The number of hydrogen-bond donors (Lipinski definition) is 0. The van der Waals surface area contributed by atoms with Gasteiger partial charge in [0.25, 0.3) is 5.91 Å². The summed E-state index contributed by atoms with van der Waals surface area (Å²) in [6.07, 6.45) is 0.779. The standard InChI is InChI=1S/C20H24N2O4S/c1-4-21(5-2)27(24,25)16-10-11-19(26-3)17(14-16)20(23)22-13-12-15-8-6-7-9-18(15)22/h6-11,14H,4-5,12-13H2,1-3H3. The Balaban J connectivity index is 2.04. The predicted octanol–water partition coefficient (Wildman–Crippen LogP) is 2.93. The molecule has 1 aliphatic rings. The monoisotopic (exact) mass is 388 g/mol. The van der Waals surface area contributed by atoms with Crippen molar-refractivity contribution in [2.75, 3.05) is 31.6 Å². The average molecular weight is 388 g/mol. The van der Waals surface area contributed by atoms with E-state index in [4.69, 9.17) is 4.74 Å². The topological polar surface area (TPSA) is 66.9 Å². The Morgan fingerprint density at radius 2 is 1.85 bits per heavy atom. The van der Waals surface area contributed by atoms with Crippen LogP contribution in [-0.2, 0) is 16.4 Å². The number of nitrogens with zero attached hydrogens (tertiary/aromatic N) is 2. The number of sulfonamides is 1. The molecule has 0 saturated heterocycles. The van der Waals surface area contributed by atoms with Crippen LogP contribution in [0.25, 0.3) is 0 Å². The van der Waals surface area contributed by atoms with E-state index in [-0.39, 0.29) is 16.4 Å². The summed E-state index contributed by atoms with van der Waals surface area (Å²) in [5, 5.41) is 0. The van der Waals surface area contributed by atoms with Crippen LogP contribution in [0.15, 0.2) is 47.4 Å². The Hall–Kier alpha value is -2.38. The van der Waals surface area contributed by atoms with E-state index in [1.165, 1.54) is 23.5 Å². The van der Waals surface area contributed by atoms with Crippen molar-refractivity contribution in [2.45, 2.75) is 25.2 Å². The fourth-order valence-electron chi connectivity index (χ4n) is 3.42. The third kappa shape index (κ3) is 3.44. The van der Waals surface area contributed by atoms with Gasteiger partial charge in [-0.25, -0.2) is 8.42 Å². The van der Waals surface area contributed by atoms with Crippen LogP contribution in [-0.4, -0.2) is 45.4 Å². The molecule has 144 valence electrons. The Labute approximate surface area is 160 Å². The van der Waals surface area contributed by atoms with Crippen molar-refractivity contribution in [1.29, 1.82) is 0 Å². The zero-order valence-corrected chi connectivity index (χ0v) is 16.6. The van der Waals surface area contributed by atoms with Crippen molar-refractivity contribution in [3.05, 3.63) is 53.6 Å². The van der Waals surface area contributed by atoms with Crippen LogP contribution in [0.3, 0.4) is 0 Å². The van der Waals surface area contributed by atoms with Gasteiger partial charge in [-0.05, 0) is 36.2 Å². The third-order valence-electron chi connectivity index (χ3n) is 4.88. The molecule has 7 heteroatoms. The van der Waals surface area contributed by atoms with E-state index in [0.29, 0.717) is 25.4 Å². The number of carbonyl (C=O) groups is 1. The molecule has 1 amide bonds. The number of hydrogen-bond acceptors (Lipinski definition) is 4. The molecule has 6 nitrogen and oxygen atoms in total. The molecule has 0 saturated carbocycles. The van der Waals surface area contributed by atoms with Crippen LogP contribution in [0.1, 0.15) is 29.8 Å². The molecule has 3 rings (SSSR count). The molecule has 2 aromatic carbocycles. The normalized spacial score (nSPS) is 13.7. The summed E-state index contributed by atoms with van der Waals surface area (Å²) in [5.41, 5.74) is 2.22. The van der Waals surface area contributed by atoms with Crippen LogP contribution < -0.4 is 9.64 Å². The van der Waals surface area contributed by atoms with Gasteiger partial charge in [0.05, 0.1) is 17.6 Å². The number of fused-ring (bicyclic) bond motifs is 1. The molecule has 0 radical (unpaired) electrons. The molecule has 0 atom stereocenters. The first kappa shape index (κ1) is 19.4. The fourth-order valence-corrected chi connectivity index (χ4v) is 4.91. The van der Waals surface area contributed by atoms with Gasteiger partial charge in [0.1, 0.15) is 5.75 Å². The second kappa shape index (κ2) is 7.70. The maximum atomic E-state index is 13.2. The number of carbonyl (C=O) groups excluding carboxylic acids is 1. The first-order valence-electron chi connectivity index (χ1n) is 9.02. The molecular weight excluding hydrogens is 364 g/mol. The SMILES string of the molecule is CCN(CC)S(=O)(=O)c1ccc(OC)c(C(=O)N2CCc3ccccc32)c1. The minimum absolute atomic E-state index is 0.0998. The van der Waals surface area contributed by atoms with Gasteiger partial charge in [-0.15, -0.1) is 0 Å². The Kier molecular flexibility index (Phi) is 5.53. The number of ether oxygens (including phenoxy) is 1. The Morgan fingerprint density at radius 3 is 2.52 bits per heavy atom. The second-order valence-electron chi connectivity index (χ2n) is 6.29. The summed E-state index contributed by atoms with van der Waals surface area (Å²) >= 11 is 0. The molecule has 0 bridgehead atoms. The summed E-state index contributed by atoms with van der Waals surface area (Å²) in [6.45, 7) is 4.88. The molecule has 0 unspecified atom stereocenters. The maximum Gasteiger partial charge on any atom is 0.262 e. The van der Waals surface area contributed by atoms with Gasteiger partial charge >= 0.3 is 0 Å². The van der Waals surface area contributed by atoms with E-state index in [2.05, 4.69) is 0 Å². The van der Waals surface area contributed by atoms with Crippen molar-refractivity contribution in [1.82, 2.24) is 4.31 Å². The van der Waals surface area contributed by atoms with Crippen LogP contribution >= 0.6 is 0 Å². The van der Waals surface area contributed by atoms with Gasteiger partial charge in [-0.2, -0.15) is 4.31 Å². The highest BCUT2D eigenvalue weighted by atomic mass is 32.2. The fraction of sp³-hybridized carbons (Fsp3) is 0.350. The number of benzene rings is 2. The highest BCUT2D eigenvalue weighted by Crippen LogP contribution is 2.32. The van der Waals surface area contributed by atoms with Crippen LogP contribution in [0.2, 0.25) is 0 Å². The molecule has 2 aromatic rings. The zero-order valence-electron chi connectivity index (χ0n) is 15.8. The van der Waals surface area contributed by atoms with Crippen molar-refractivity contribution in [2.24, 2.45) is 0 Å². The van der Waals surface area contributed by atoms with Gasteiger partial charge in [0, 0.05) is 25.3 Å². The summed E-state index contributed by atoms with van der Waals surface area (Å²) in [5.74, 6) is 0.108. The predicted molar refractivity (Wildman–Crippen MR) is 105 cm³/mol. The molecule has 0 fully saturated rings. The smallest absolute Gasteiger partial charge is 0.262 e. The van der Waals surface area contributed by atoms with Crippen molar-refractivity contribution >= 4 is 21.6 Å². The van der Waals surface area contributed by atoms with Crippen LogP contribution in [0.4, 0.5) is 5.69 Å². The molecular formula is C20H24N2O4S. The highest BCUT2D eigenvalue weighted by Gasteiger charge is 2.29. The lowest BCUT2D eigenvalue weighted by molar-refractivity contribution is 0.0986. The highest BCUT2D eigenvalue weighted by molar-refractivity contribution is 7.89. The van der Waals surface area contributed by atoms with Gasteiger partial charge < -0.3 is 9.64 Å². The summed E-state index contributed by atoms with van der Waals surface area (Å²) in [7, 11) is -2.18. The Morgan fingerprint density at radius 1 is 1.15 bits per heavy atom. The molecule has 0 spiro atoms. The number of anilines is 1. The summed E-state index contributed by atoms with van der Waals surface area (Å²) in [6, 6.07) is 12.2. The average Bonchev–Trinajstić information content (AvgIpc) is 3.11.